The number of hydrogen-bond acceptors (Lipinski definition) is 4. The maximum Gasteiger partial charge on any atom is 0.337 e. The highest BCUT2D eigenvalue weighted by Crippen LogP contribution is 2.36. The van der Waals surface area contributed by atoms with Crippen molar-refractivity contribution in [3.8, 4) is 5.75 Å². The predicted octanol–water partition coefficient (Wildman–Crippen LogP) is 3.55. The largest absolute Gasteiger partial charge is 0.478 e. The van der Waals surface area contributed by atoms with Crippen molar-refractivity contribution in [2.24, 2.45) is 0 Å². The Morgan fingerprint density at radius 3 is 2.50 bits per heavy atom. The van der Waals surface area contributed by atoms with Crippen molar-refractivity contribution in [3.63, 3.8) is 0 Å². The predicted molar refractivity (Wildman–Crippen MR) is 75.5 cm³/mol. The summed E-state index contributed by atoms with van der Waals surface area (Å²) in [5, 5.41) is 18.3. The van der Waals surface area contributed by atoms with E-state index in [0.717, 1.165) is 0 Å². The molecule has 1 aromatic rings. The van der Waals surface area contributed by atoms with E-state index in [1.54, 1.807) is 20.8 Å². The average Bonchev–Trinajstić information content (AvgIpc) is 2.25. The fourth-order valence-electron chi connectivity index (χ4n) is 1.67. The number of rotatable bonds is 6. The van der Waals surface area contributed by atoms with Crippen molar-refractivity contribution in [1.29, 1.82) is 0 Å². The van der Waals surface area contributed by atoms with Gasteiger partial charge in [-0.3, -0.25) is 0 Å². The standard InChI is InChI=1S/C13H16Cl2O5/c1-7(16)6-13(2,3)20-19-11-9(14)5-4-8(10(11)15)12(17)18/h4-5,7,16H,6H2,1-3H3,(H,17,18). The Hall–Kier alpha value is -1.01. The van der Waals surface area contributed by atoms with Crippen molar-refractivity contribution in [3.05, 3.63) is 27.7 Å². The van der Waals surface area contributed by atoms with Crippen molar-refractivity contribution in [2.75, 3.05) is 0 Å². The Kier molecular flexibility index (Phi) is 5.65. The lowest BCUT2D eigenvalue weighted by molar-refractivity contribution is -0.286. The number of carboxylic acid groups (broad SMARTS) is 1. The molecule has 1 unspecified atom stereocenters. The number of aliphatic hydroxyl groups is 1. The number of hydrogen-bond donors (Lipinski definition) is 2. The van der Waals surface area contributed by atoms with Crippen LogP contribution >= 0.6 is 23.2 Å². The van der Waals surface area contributed by atoms with Crippen LogP contribution in [-0.4, -0.2) is 27.9 Å². The van der Waals surface area contributed by atoms with Crippen molar-refractivity contribution in [1.82, 2.24) is 0 Å². The summed E-state index contributed by atoms with van der Waals surface area (Å²) < 4.78 is 0. The molecule has 0 aliphatic heterocycles. The lowest BCUT2D eigenvalue weighted by atomic mass is 10.0. The molecule has 5 nitrogen and oxygen atoms in total. The number of carbonyl (C=O) groups is 1. The molecule has 0 aliphatic carbocycles. The molecule has 0 fully saturated rings. The maximum atomic E-state index is 11.0. The smallest absolute Gasteiger partial charge is 0.337 e. The summed E-state index contributed by atoms with van der Waals surface area (Å²) in [6.07, 6.45) is -0.259. The van der Waals surface area contributed by atoms with Crippen LogP contribution in [0.2, 0.25) is 10.0 Å². The summed E-state index contributed by atoms with van der Waals surface area (Å²) in [4.78, 5) is 21.3. The second-order valence-electron chi connectivity index (χ2n) is 5.02. The minimum Gasteiger partial charge on any atom is -0.478 e. The monoisotopic (exact) mass is 322 g/mol. The van der Waals surface area contributed by atoms with E-state index in [2.05, 4.69) is 0 Å². The second kappa shape index (κ2) is 6.63. The van der Waals surface area contributed by atoms with Gasteiger partial charge in [-0.2, -0.15) is 4.89 Å². The molecule has 0 amide bonds. The normalized spacial score (nSPS) is 13.1. The van der Waals surface area contributed by atoms with E-state index in [-0.39, 0.29) is 21.4 Å². The van der Waals surface area contributed by atoms with E-state index >= 15 is 0 Å². The number of aliphatic hydroxyl groups excluding tert-OH is 1. The van der Waals surface area contributed by atoms with Gasteiger partial charge >= 0.3 is 5.97 Å². The van der Waals surface area contributed by atoms with E-state index in [1.807, 2.05) is 0 Å². The number of benzene rings is 1. The van der Waals surface area contributed by atoms with Crippen LogP contribution in [0.5, 0.6) is 5.75 Å². The summed E-state index contributed by atoms with van der Waals surface area (Å²) in [6.45, 7) is 5.04. The van der Waals surface area contributed by atoms with E-state index in [1.165, 1.54) is 12.1 Å². The lowest BCUT2D eigenvalue weighted by Gasteiger charge is -2.25. The summed E-state index contributed by atoms with van der Waals surface area (Å²) in [5.74, 6) is -1.26. The number of halogens is 2. The van der Waals surface area contributed by atoms with E-state index in [9.17, 15) is 9.90 Å². The molecule has 20 heavy (non-hydrogen) atoms. The van der Waals surface area contributed by atoms with Crippen LogP contribution in [0.1, 0.15) is 37.6 Å². The zero-order valence-electron chi connectivity index (χ0n) is 11.3. The maximum absolute atomic E-state index is 11.0. The molecule has 1 aromatic carbocycles. The SMILES string of the molecule is CC(O)CC(C)(C)OOc1c(Cl)ccc(C(=O)O)c1Cl. The van der Waals surface area contributed by atoms with Gasteiger partial charge in [-0.1, -0.05) is 23.2 Å². The van der Waals surface area contributed by atoms with E-state index in [4.69, 9.17) is 38.1 Å². The van der Waals surface area contributed by atoms with Crippen LogP contribution in [-0.2, 0) is 4.89 Å². The molecule has 2 N–H and O–H groups in total. The molecule has 0 aliphatic rings. The first kappa shape index (κ1) is 17.0. The van der Waals surface area contributed by atoms with Crippen molar-refractivity contribution >= 4 is 29.2 Å². The zero-order valence-corrected chi connectivity index (χ0v) is 12.8. The topological polar surface area (TPSA) is 76.0 Å². The first-order valence-corrected chi connectivity index (χ1v) is 6.64. The Balaban J connectivity index is 2.93. The molecule has 7 heteroatoms. The Morgan fingerprint density at radius 1 is 1.40 bits per heavy atom. The third-order valence-corrected chi connectivity index (χ3v) is 3.09. The third kappa shape index (κ3) is 4.52. The van der Waals surface area contributed by atoms with Gasteiger partial charge in [0, 0.05) is 6.42 Å². The highest BCUT2D eigenvalue weighted by atomic mass is 35.5. The minimum atomic E-state index is -1.19. The Labute approximate surface area is 126 Å². The summed E-state index contributed by atoms with van der Waals surface area (Å²) in [6, 6.07) is 2.64. The van der Waals surface area contributed by atoms with Gasteiger partial charge in [-0.15, -0.1) is 0 Å². The van der Waals surface area contributed by atoms with E-state index in [0.29, 0.717) is 6.42 Å². The average molecular weight is 323 g/mol. The first-order valence-electron chi connectivity index (χ1n) is 5.89. The van der Waals surface area contributed by atoms with Gasteiger partial charge < -0.3 is 15.1 Å². The van der Waals surface area contributed by atoms with Crippen LogP contribution in [0, 0.1) is 0 Å². The van der Waals surface area contributed by atoms with Gasteiger partial charge in [0.2, 0.25) is 5.75 Å². The molecule has 0 radical (unpaired) electrons. The third-order valence-electron chi connectivity index (χ3n) is 2.42. The summed E-state index contributed by atoms with van der Waals surface area (Å²) >= 11 is 11.8. The van der Waals surface area contributed by atoms with Gasteiger partial charge in [0.25, 0.3) is 0 Å². The minimum absolute atomic E-state index is 0.0631. The molecule has 1 atom stereocenters. The highest BCUT2D eigenvalue weighted by Gasteiger charge is 2.25. The summed E-state index contributed by atoms with van der Waals surface area (Å²) in [5.41, 5.74) is -0.928. The van der Waals surface area contributed by atoms with Crippen LogP contribution in [0.15, 0.2) is 12.1 Å². The fraction of sp³-hybridized carbons (Fsp3) is 0.462. The van der Waals surface area contributed by atoms with Crippen molar-refractivity contribution in [2.45, 2.75) is 38.9 Å². The van der Waals surface area contributed by atoms with Crippen LogP contribution in [0.25, 0.3) is 0 Å². The van der Waals surface area contributed by atoms with Crippen LogP contribution in [0.3, 0.4) is 0 Å². The van der Waals surface area contributed by atoms with E-state index < -0.39 is 17.7 Å². The van der Waals surface area contributed by atoms with Crippen LogP contribution < -0.4 is 4.89 Å². The molecular weight excluding hydrogens is 307 g/mol. The fourth-order valence-corrected chi connectivity index (χ4v) is 2.19. The first-order chi connectivity index (χ1) is 9.14. The lowest BCUT2D eigenvalue weighted by Crippen LogP contribution is -2.30. The molecule has 0 saturated carbocycles. The molecule has 112 valence electrons. The van der Waals surface area contributed by atoms with Gasteiger partial charge in [0.1, 0.15) is 10.6 Å². The van der Waals surface area contributed by atoms with Crippen LogP contribution in [0.4, 0.5) is 0 Å². The molecule has 1 rings (SSSR count). The number of aromatic carboxylic acids is 1. The van der Waals surface area contributed by atoms with Gasteiger partial charge in [-0.25, -0.2) is 4.79 Å². The quantitative estimate of drug-likeness (QED) is 0.618. The number of carboxylic acids is 1. The molecule has 0 aromatic heterocycles. The Morgan fingerprint density at radius 2 is 2.00 bits per heavy atom. The highest BCUT2D eigenvalue weighted by molar-refractivity contribution is 6.39. The molecule has 0 saturated heterocycles. The van der Waals surface area contributed by atoms with Gasteiger partial charge in [0.05, 0.1) is 16.7 Å². The zero-order chi connectivity index (χ0) is 15.5. The summed E-state index contributed by atoms with van der Waals surface area (Å²) in [7, 11) is 0. The van der Waals surface area contributed by atoms with Gasteiger partial charge in [0.15, 0.2) is 0 Å². The Bertz CT molecular complexity index is 500. The molecule has 0 spiro atoms. The van der Waals surface area contributed by atoms with Gasteiger partial charge in [-0.05, 0) is 32.9 Å². The molecule has 0 bridgehead atoms. The van der Waals surface area contributed by atoms with Crippen molar-refractivity contribution < 1.29 is 24.8 Å². The molecule has 0 heterocycles. The second-order valence-corrected chi connectivity index (χ2v) is 5.81. The molecular formula is C13H16Cl2O5.